The largest absolute Gasteiger partial charge is 0.493 e. The summed E-state index contributed by atoms with van der Waals surface area (Å²) in [6.45, 7) is 2.07. The lowest BCUT2D eigenvalue weighted by molar-refractivity contribution is -0.116. The van der Waals surface area contributed by atoms with Gasteiger partial charge in [0.05, 0.1) is 14.2 Å². The topological polar surface area (TPSA) is 47.6 Å². The Hall–Kier alpha value is -2.49. The summed E-state index contributed by atoms with van der Waals surface area (Å²) in [7, 11) is 3.16. The predicted molar refractivity (Wildman–Crippen MR) is 92.3 cm³/mol. The Bertz CT molecular complexity index is 650. The van der Waals surface area contributed by atoms with Crippen molar-refractivity contribution in [3.63, 3.8) is 0 Å². The minimum absolute atomic E-state index is 0.00401. The number of hydrogen-bond donors (Lipinski definition) is 1. The zero-order chi connectivity index (χ0) is 16.7. The van der Waals surface area contributed by atoms with Crippen LogP contribution in [-0.4, -0.2) is 20.1 Å². The first-order chi connectivity index (χ1) is 11.1. The van der Waals surface area contributed by atoms with Gasteiger partial charge < -0.3 is 14.8 Å². The van der Waals surface area contributed by atoms with Crippen molar-refractivity contribution in [2.75, 3.05) is 19.5 Å². The molecular formula is C19H23NO3. The van der Waals surface area contributed by atoms with Crippen molar-refractivity contribution in [2.24, 2.45) is 0 Å². The SMILES string of the molecule is COc1ccc(NC(=O)CCCc2ccc(C)cc2)cc1OC. The van der Waals surface area contributed by atoms with Crippen LogP contribution in [0.3, 0.4) is 0 Å². The quantitative estimate of drug-likeness (QED) is 0.841. The van der Waals surface area contributed by atoms with Crippen LogP contribution in [0.5, 0.6) is 11.5 Å². The molecule has 0 saturated carbocycles. The standard InChI is InChI=1S/C19H23NO3/c1-14-7-9-15(10-8-14)5-4-6-19(21)20-16-11-12-17(22-2)18(13-16)23-3/h7-13H,4-6H2,1-3H3,(H,20,21). The van der Waals surface area contributed by atoms with Crippen LogP contribution in [0.1, 0.15) is 24.0 Å². The average molecular weight is 313 g/mol. The highest BCUT2D eigenvalue weighted by Gasteiger charge is 2.07. The molecule has 0 aromatic heterocycles. The van der Waals surface area contributed by atoms with Crippen molar-refractivity contribution in [2.45, 2.75) is 26.2 Å². The zero-order valence-electron chi connectivity index (χ0n) is 13.9. The molecule has 0 fully saturated rings. The van der Waals surface area contributed by atoms with E-state index < -0.39 is 0 Å². The minimum atomic E-state index is 0.00401. The summed E-state index contributed by atoms with van der Waals surface area (Å²) in [5.74, 6) is 1.25. The smallest absolute Gasteiger partial charge is 0.224 e. The number of rotatable bonds is 7. The number of carbonyl (C=O) groups is 1. The van der Waals surface area contributed by atoms with E-state index in [0.717, 1.165) is 12.8 Å². The van der Waals surface area contributed by atoms with Crippen LogP contribution >= 0.6 is 0 Å². The van der Waals surface area contributed by atoms with Gasteiger partial charge in [-0.2, -0.15) is 0 Å². The molecular weight excluding hydrogens is 290 g/mol. The van der Waals surface area contributed by atoms with Gasteiger partial charge in [0.15, 0.2) is 11.5 Å². The van der Waals surface area contributed by atoms with E-state index in [2.05, 4.69) is 36.5 Å². The summed E-state index contributed by atoms with van der Waals surface area (Å²) in [6, 6.07) is 13.8. The van der Waals surface area contributed by atoms with Crippen LogP contribution < -0.4 is 14.8 Å². The molecule has 0 atom stereocenters. The fourth-order valence-electron chi connectivity index (χ4n) is 2.35. The maximum Gasteiger partial charge on any atom is 0.224 e. The zero-order valence-corrected chi connectivity index (χ0v) is 13.9. The second-order valence-corrected chi connectivity index (χ2v) is 5.46. The normalized spacial score (nSPS) is 10.2. The molecule has 0 aliphatic carbocycles. The first-order valence-corrected chi connectivity index (χ1v) is 7.70. The lowest BCUT2D eigenvalue weighted by Crippen LogP contribution is -2.11. The summed E-state index contributed by atoms with van der Waals surface area (Å²) >= 11 is 0. The lowest BCUT2D eigenvalue weighted by atomic mass is 10.1. The molecule has 1 N–H and O–H groups in total. The fraction of sp³-hybridized carbons (Fsp3) is 0.316. The molecule has 0 aliphatic rings. The Balaban J connectivity index is 1.83. The van der Waals surface area contributed by atoms with Gasteiger partial charge in [-0.1, -0.05) is 29.8 Å². The highest BCUT2D eigenvalue weighted by Crippen LogP contribution is 2.29. The number of nitrogens with one attached hydrogen (secondary N) is 1. The molecule has 23 heavy (non-hydrogen) atoms. The van der Waals surface area contributed by atoms with Gasteiger partial charge in [-0.15, -0.1) is 0 Å². The monoisotopic (exact) mass is 313 g/mol. The lowest BCUT2D eigenvalue weighted by Gasteiger charge is -2.10. The van der Waals surface area contributed by atoms with Crippen LogP contribution in [0.25, 0.3) is 0 Å². The molecule has 0 saturated heterocycles. The number of anilines is 1. The molecule has 0 radical (unpaired) electrons. The van der Waals surface area contributed by atoms with Gasteiger partial charge in [0, 0.05) is 18.2 Å². The molecule has 1 amide bonds. The molecule has 2 aromatic rings. The van der Waals surface area contributed by atoms with E-state index in [4.69, 9.17) is 9.47 Å². The van der Waals surface area contributed by atoms with E-state index in [0.29, 0.717) is 23.6 Å². The number of amides is 1. The third-order valence-corrected chi connectivity index (χ3v) is 3.66. The predicted octanol–water partition coefficient (Wildman–Crippen LogP) is 3.97. The summed E-state index contributed by atoms with van der Waals surface area (Å²) < 4.78 is 10.4. The van der Waals surface area contributed by atoms with Crippen LogP contribution in [0.2, 0.25) is 0 Å². The molecule has 0 heterocycles. The fourth-order valence-corrected chi connectivity index (χ4v) is 2.35. The number of ether oxygens (including phenoxy) is 2. The molecule has 4 nitrogen and oxygen atoms in total. The highest BCUT2D eigenvalue weighted by molar-refractivity contribution is 5.91. The van der Waals surface area contributed by atoms with Crippen LogP contribution in [0.4, 0.5) is 5.69 Å². The van der Waals surface area contributed by atoms with Crippen LogP contribution in [0.15, 0.2) is 42.5 Å². The average Bonchev–Trinajstić information content (AvgIpc) is 2.56. The van der Waals surface area contributed by atoms with Gasteiger partial charge in [-0.25, -0.2) is 0 Å². The Morgan fingerprint density at radius 3 is 2.35 bits per heavy atom. The van der Waals surface area contributed by atoms with Crippen molar-refractivity contribution >= 4 is 11.6 Å². The van der Waals surface area contributed by atoms with Crippen molar-refractivity contribution in [1.82, 2.24) is 0 Å². The summed E-state index contributed by atoms with van der Waals surface area (Å²) in [4.78, 5) is 12.0. The van der Waals surface area contributed by atoms with Crippen molar-refractivity contribution in [1.29, 1.82) is 0 Å². The van der Waals surface area contributed by atoms with Gasteiger partial charge in [0.1, 0.15) is 0 Å². The van der Waals surface area contributed by atoms with E-state index in [9.17, 15) is 4.79 Å². The van der Waals surface area contributed by atoms with Gasteiger partial charge in [0.25, 0.3) is 0 Å². The number of aryl methyl sites for hydroxylation is 2. The Morgan fingerprint density at radius 2 is 1.70 bits per heavy atom. The first kappa shape index (κ1) is 16.9. The van der Waals surface area contributed by atoms with Crippen LogP contribution in [-0.2, 0) is 11.2 Å². The molecule has 2 rings (SSSR count). The summed E-state index contributed by atoms with van der Waals surface area (Å²) in [5, 5.41) is 2.89. The minimum Gasteiger partial charge on any atom is -0.493 e. The van der Waals surface area contributed by atoms with E-state index in [1.165, 1.54) is 11.1 Å². The third-order valence-electron chi connectivity index (χ3n) is 3.66. The Kier molecular flexibility index (Phi) is 6.03. The Morgan fingerprint density at radius 1 is 1.00 bits per heavy atom. The number of carbonyl (C=O) groups excluding carboxylic acids is 1. The maximum atomic E-state index is 12.0. The van der Waals surface area contributed by atoms with E-state index in [1.807, 2.05) is 0 Å². The third kappa shape index (κ3) is 5.02. The molecule has 4 heteroatoms. The van der Waals surface area contributed by atoms with Gasteiger partial charge >= 0.3 is 0 Å². The van der Waals surface area contributed by atoms with Crippen molar-refractivity contribution < 1.29 is 14.3 Å². The molecule has 122 valence electrons. The first-order valence-electron chi connectivity index (χ1n) is 7.70. The van der Waals surface area contributed by atoms with E-state index >= 15 is 0 Å². The molecule has 0 bridgehead atoms. The van der Waals surface area contributed by atoms with Gasteiger partial charge in [0.2, 0.25) is 5.91 Å². The van der Waals surface area contributed by atoms with Gasteiger partial charge in [-0.3, -0.25) is 4.79 Å². The summed E-state index contributed by atoms with van der Waals surface area (Å²) in [5.41, 5.74) is 3.22. The van der Waals surface area contributed by atoms with Crippen molar-refractivity contribution in [3.8, 4) is 11.5 Å². The maximum absolute atomic E-state index is 12.0. The Labute approximate surface area is 137 Å². The van der Waals surface area contributed by atoms with Gasteiger partial charge in [-0.05, 0) is 37.5 Å². The molecule has 0 spiro atoms. The number of benzene rings is 2. The van der Waals surface area contributed by atoms with Crippen LogP contribution in [0, 0.1) is 6.92 Å². The molecule has 0 unspecified atom stereocenters. The van der Waals surface area contributed by atoms with E-state index in [-0.39, 0.29) is 5.91 Å². The highest BCUT2D eigenvalue weighted by atomic mass is 16.5. The van der Waals surface area contributed by atoms with E-state index in [1.54, 1.807) is 32.4 Å². The summed E-state index contributed by atoms with van der Waals surface area (Å²) in [6.07, 6.45) is 2.21. The second-order valence-electron chi connectivity index (χ2n) is 5.46. The second kappa shape index (κ2) is 8.22. The number of methoxy groups -OCH3 is 2. The molecule has 2 aromatic carbocycles. The van der Waals surface area contributed by atoms with Crippen molar-refractivity contribution in [3.05, 3.63) is 53.6 Å². The molecule has 0 aliphatic heterocycles. The number of hydrogen-bond acceptors (Lipinski definition) is 3.